The van der Waals surface area contributed by atoms with Crippen molar-refractivity contribution in [2.45, 2.75) is 6.54 Å². The van der Waals surface area contributed by atoms with Gasteiger partial charge in [-0.3, -0.25) is 0 Å². The molecule has 0 aliphatic carbocycles. The first kappa shape index (κ1) is 9.97. The lowest BCUT2D eigenvalue weighted by atomic mass is 10.4. The lowest BCUT2D eigenvalue weighted by Gasteiger charge is -2.03. The second-order valence-corrected chi connectivity index (χ2v) is 3.68. The predicted molar refractivity (Wildman–Crippen MR) is 60.2 cm³/mol. The third kappa shape index (κ3) is 2.69. The molecule has 0 radical (unpaired) electrons. The van der Waals surface area contributed by atoms with Gasteiger partial charge in [-0.05, 0) is 28.1 Å². The zero-order valence-corrected chi connectivity index (χ0v) is 9.36. The van der Waals surface area contributed by atoms with Gasteiger partial charge in [0.1, 0.15) is 16.2 Å². The molecule has 2 aromatic rings. The van der Waals surface area contributed by atoms with Crippen LogP contribution in [0.4, 0.5) is 11.8 Å². The van der Waals surface area contributed by atoms with E-state index in [1.165, 1.54) is 0 Å². The van der Waals surface area contributed by atoms with Crippen LogP contribution in [-0.2, 0) is 6.54 Å². The number of aromatic nitrogens is 2. The summed E-state index contributed by atoms with van der Waals surface area (Å²) in [4.78, 5) is 8.12. The summed E-state index contributed by atoms with van der Waals surface area (Å²) < 4.78 is 5.80. The maximum atomic E-state index is 5.56. The van der Waals surface area contributed by atoms with Crippen LogP contribution < -0.4 is 11.1 Å². The molecular weight excluding hydrogens is 260 g/mol. The van der Waals surface area contributed by atoms with Crippen molar-refractivity contribution >= 4 is 27.7 Å². The standard InChI is InChI=1S/C9H9BrN4O/c10-7-4-8(11)14-9(13-7)12-5-6-2-1-3-15-6/h1-4H,5H2,(H3,11,12,13,14). The topological polar surface area (TPSA) is 77.0 Å². The van der Waals surface area contributed by atoms with E-state index < -0.39 is 0 Å². The maximum absolute atomic E-state index is 5.56. The fourth-order valence-electron chi connectivity index (χ4n) is 1.09. The third-order valence-corrected chi connectivity index (χ3v) is 2.12. The Labute approximate surface area is 94.8 Å². The van der Waals surface area contributed by atoms with Gasteiger partial charge in [0.25, 0.3) is 0 Å². The molecule has 0 saturated carbocycles. The van der Waals surface area contributed by atoms with Gasteiger partial charge in [-0.2, -0.15) is 4.98 Å². The molecule has 0 bridgehead atoms. The summed E-state index contributed by atoms with van der Waals surface area (Å²) in [5.74, 6) is 1.70. The molecule has 0 fully saturated rings. The molecular formula is C9H9BrN4O. The second-order valence-electron chi connectivity index (χ2n) is 2.87. The fraction of sp³-hybridized carbons (Fsp3) is 0.111. The molecule has 2 rings (SSSR count). The monoisotopic (exact) mass is 268 g/mol. The molecule has 2 aromatic heterocycles. The van der Waals surface area contributed by atoms with Gasteiger partial charge in [0.2, 0.25) is 5.95 Å². The Kier molecular flexibility index (Phi) is 2.86. The van der Waals surface area contributed by atoms with Crippen LogP contribution in [0.25, 0.3) is 0 Å². The highest BCUT2D eigenvalue weighted by atomic mass is 79.9. The highest BCUT2D eigenvalue weighted by Gasteiger charge is 2.01. The van der Waals surface area contributed by atoms with Crippen LogP contribution in [0.5, 0.6) is 0 Å². The first-order valence-electron chi connectivity index (χ1n) is 4.30. The zero-order chi connectivity index (χ0) is 10.7. The Hall–Kier alpha value is -1.56. The lowest BCUT2D eigenvalue weighted by Crippen LogP contribution is -2.04. The molecule has 0 saturated heterocycles. The van der Waals surface area contributed by atoms with Crippen LogP contribution in [0.1, 0.15) is 5.76 Å². The quantitative estimate of drug-likeness (QED) is 0.833. The molecule has 0 amide bonds. The number of hydrogen-bond acceptors (Lipinski definition) is 5. The Bertz CT molecular complexity index is 423. The summed E-state index contributed by atoms with van der Waals surface area (Å²) in [6.07, 6.45) is 1.62. The zero-order valence-electron chi connectivity index (χ0n) is 7.77. The van der Waals surface area contributed by atoms with Gasteiger partial charge >= 0.3 is 0 Å². The van der Waals surface area contributed by atoms with Crippen molar-refractivity contribution in [3.63, 3.8) is 0 Å². The van der Waals surface area contributed by atoms with E-state index in [0.29, 0.717) is 22.9 Å². The van der Waals surface area contributed by atoms with Crippen molar-refractivity contribution in [3.05, 3.63) is 34.8 Å². The molecule has 0 aliphatic heterocycles. The average molecular weight is 269 g/mol. The molecule has 5 nitrogen and oxygen atoms in total. The number of nitrogens with zero attached hydrogens (tertiary/aromatic N) is 2. The van der Waals surface area contributed by atoms with Crippen LogP contribution in [-0.4, -0.2) is 9.97 Å². The SMILES string of the molecule is Nc1cc(Br)nc(NCc2ccco2)n1. The summed E-state index contributed by atoms with van der Waals surface area (Å²) in [6.45, 7) is 0.531. The number of nitrogens with two attached hydrogens (primary N) is 1. The van der Waals surface area contributed by atoms with Gasteiger partial charge in [0.05, 0.1) is 12.8 Å². The molecule has 15 heavy (non-hydrogen) atoms. The number of halogens is 1. The molecule has 0 atom stereocenters. The summed E-state index contributed by atoms with van der Waals surface area (Å²) in [6, 6.07) is 5.33. The Morgan fingerprint density at radius 3 is 3.00 bits per heavy atom. The van der Waals surface area contributed by atoms with Gasteiger partial charge in [0.15, 0.2) is 0 Å². The smallest absolute Gasteiger partial charge is 0.226 e. The largest absolute Gasteiger partial charge is 0.467 e. The molecule has 78 valence electrons. The van der Waals surface area contributed by atoms with Crippen molar-refractivity contribution in [2.75, 3.05) is 11.1 Å². The van der Waals surface area contributed by atoms with E-state index in [0.717, 1.165) is 5.76 Å². The Morgan fingerprint density at radius 1 is 1.47 bits per heavy atom. The van der Waals surface area contributed by atoms with Crippen molar-refractivity contribution in [1.82, 2.24) is 9.97 Å². The summed E-state index contributed by atoms with van der Waals surface area (Å²) in [5.41, 5.74) is 5.56. The minimum absolute atomic E-state index is 0.416. The highest BCUT2D eigenvalue weighted by molar-refractivity contribution is 9.10. The minimum atomic E-state index is 0.416. The van der Waals surface area contributed by atoms with Crippen molar-refractivity contribution in [2.24, 2.45) is 0 Å². The van der Waals surface area contributed by atoms with E-state index >= 15 is 0 Å². The van der Waals surface area contributed by atoms with Crippen LogP contribution in [0, 0.1) is 0 Å². The van der Waals surface area contributed by atoms with Crippen molar-refractivity contribution in [1.29, 1.82) is 0 Å². The number of rotatable bonds is 3. The van der Waals surface area contributed by atoms with Crippen LogP contribution in [0.15, 0.2) is 33.5 Å². The Balaban J connectivity index is 2.05. The van der Waals surface area contributed by atoms with E-state index in [9.17, 15) is 0 Å². The number of furan rings is 1. The number of anilines is 2. The Morgan fingerprint density at radius 2 is 2.33 bits per heavy atom. The molecule has 0 unspecified atom stereocenters. The van der Waals surface area contributed by atoms with E-state index in [1.807, 2.05) is 12.1 Å². The normalized spacial score (nSPS) is 10.2. The van der Waals surface area contributed by atoms with Crippen molar-refractivity contribution in [3.8, 4) is 0 Å². The van der Waals surface area contributed by atoms with Crippen molar-refractivity contribution < 1.29 is 4.42 Å². The third-order valence-electron chi connectivity index (χ3n) is 1.72. The van der Waals surface area contributed by atoms with Gasteiger partial charge in [-0.1, -0.05) is 0 Å². The van der Waals surface area contributed by atoms with Crippen LogP contribution in [0.3, 0.4) is 0 Å². The molecule has 0 spiro atoms. The molecule has 3 N–H and O–H groups in total. The first-order valence-corrected chi connectivity index (χ1v) is 5.09. The van der Waals surface area contributed by atoms with Gasteiger partial charge in [-0.15, -0.1) is 0 Å². The highest BCUT2D eigenvalue weighted by Crippen LogP contribution is 2.13. The molecule has 0 aliphatic rings. The summed E-state index contributed by atoms with van der Waals surface area (Å²) in [7, 11) is 0. The second kappa shape index (κ2) is 4.31. The van der Waals surface area contributed by atoms with Gasteiger partial charge in [-0.25, -0.2) is 4.98 Å². The first-order chi connectivity index (χ1) is 7.24. The van der Waals surface area contributed by atoms with Gasteiger partial charge < -0.3 is 15.5 Å². The van der Waals surface area contributed by atoms with E-state index in [-0.39, 0.29) is 0 Å². The van der Waals surface area contributed by atoms with Gasteiger partial charge in [0, 0.05) is 6.07 Å². The number of nitrogen functional groups attached to an aromatic ring is 1. The molecule has 0 aromatic carbocycles. The summed E-state index contributed by atoms with van der Waals surface area (Å²) >= 11 is 3.24. The average Bonchev–Trinajstić information content (AvgIpc) is 2.65. The lowest BCUT2D eigenvalue weighted by molar-refractivity contribution is 0.517. The molecule has 6 heteroatoms. The summed E-state index contributed by atoms with van der Waals surface area (Å²) in [5, 5.41) is 3.00. The van der Waals surface area contributed by atoms with E-state index in [2.05, 4.69) is 31.2 Å². The number of hydrogen-bond donors (Lipinski definition) is 2. The van der Waals surface area contributed by atoms with E-state index in [4.69, 9.17) is 10.2 Å². The maximum Gasteiger partial charge on any atom is 0.226 e. The minimum Gasteiger partial charge on any atom is -0.467 e. The predicted octanol–water partition coefficient (Wildman–Crippen LogP) is 2.03. The van der Waals surface area contributed by atoms with Crippen LogP contribution >= 0.6 is 15.9 Å². The molecule has 2 heterocycles. The van der Waals surface area contributed by atoms with E-state index in [1.54, 1.807) is 12.3 Å². The van der Waals surface area contributed by atoms with Crippen LogP contribution in [0.2, 0.25) is 0 Å². The number of nitrogens with one attached hydrogen (secondary N) is 1. The fourth-order valence-corrected chi connectivity index (χ4v) is 1.50.